The van der Waals surface area contributed by atoms with E-state index in [-0.39, 0.29) is 31.1 Å². The zero-order chi connectivity index (χ0) is 41.9. The number of esters is 3. The van der Waals surface area contributed by atoms with Crippen LogP contribution in [0, 0.1) is 11.8 Å². The Labute approximate surface area is 355 Å². The predicted molar refractivity (Wildman–Crippen MR) is 243 cm³/mol. The molecule has 0 heterocycles. The molecule has 57 heavy (non-hydrogen) atoms. The van der Waals surface area contributed by atoms with Gasteiger partial charge in [0, 0.05) is 19.3 Å². The van der Waals surface area contributed by atoms with Gasteiger partial charge >= 0.3 is 17.9 Å². The third-order valence-electron chi connectivity index (χ3n) is 12.2. The molecule has 3 atom stereocenters. The van der Waals surface area contributed by atoms with E-state index >= 15 is 0 Å². The third kappa shape index (κ3) is 42.3. The van der Waals surface area contributed by atoms with E-state index in [0.29, 0.717) is 19.3 Å². The molecular formula is C51H98O6. The molecule has 0 aromatic carbocycles. The van der Waals surface area contributed by atoms with Gasteiger partial charge in [0.1, 0.15) is 13.2 Å². The molecule has 2 unspecified atom stereocenters. The first-order valence-corrected chi connectivity index (χ1v) is 25.3. The van der Waals surface area contributed by atoms with Gasteiger partial charge < -0.3 is 14.2 Å². The third-order valence-corrected chi connectivity index (χ3v) is 12.2. The monoisotopic (exact) mass is 807 g/mol. The molecule has 338 valence electrons. The van der Waals surface area contributed by atoms with Gasteiger partial charge in [0.2, 0.25) is 0 Å². The van der Waals surface area contributed by atoms with Gasteiger partial charge in [-0.25, -0.2) is 0 Å². The molecule has 0 aliphatic heterocycles. The summed E-state index contributed by atoms with van der Waals surface area (Å²) < 4.78 is 16.8. The van der Waals surface area contributed by atoms with Crippen LogP contribution in [-0.4, -0.2) is 37.2 Å². The van der Waals surface area contributed by atoms with Gasteiger partial charge in [0.05, 0.1) is 0 Å². The molecule has 0 fully saturated rings. The van der Waals surface area contributed by atoms with Crippen LogP contribution in [0.3, 0.4) is 0 Å². The molecule has 0 aliphatic rings. The van der Waals surface area contributed by atoms with Gasteiger partial charge in [-0.05, 0) is 31.1 Å². The Morgan fingerprint density at radius 2 is 0.614 bits per heavy atom. The normalized spacial score (nSPS) is 13.0. The first-order valence-electron chi connectivity index (χ1n) is 25.3. The maximum atomic E-state index is 12.7. The van der Waals surface area contributed by atoms with E-state index in [1.54, 1.807) is 0 Å². The summed E-state index contributed by atoms with van der Waals surface area (Å²) in [6.45, 7) is 11.4. The van der Waals surface area contributed by atoms with E-state index in [9.17, 15) is 14.4 Å². The number of unbranched alkanes of at least 4 members (excludes halogenated alkanes) is 28. The van der Waals surface area contributed by atoms with Gasteiger partial charge in [-0.2, -0.15) is 0 Å². The number of ether oxygens (including phenoxy) is 3. The highest BCUT2D eigenvalue weighted by atomic mass is 16.6. The molecule has 0 bridgehead atoms. The molecule has 0 aromatic rings. The quantitative estimate of drug-likeness (QED) is 0.0346. The van der Waals surface area contributed by atoms with Crippen LogP contribution in [0.4, 0.5) is 0 Å². The molecular weight excluding hydrogens is 709 g/mol. The standard InChI is InChI=1S/C51H98O6/c1-6-9-10-11-12-19-28-33-38-43-51(54)57-48(45-56-50(53)42-37-32-27-23-22-25-30-35-40-47(5)8-3)44-55-49(52)41-36-31-26-21-18-16-14-13-15-17-20-24-29-34-39-46(4)7-2/h46-48H,6-45H2,1-5H3/t46?,47?,48-/m0/s1. The number of hydrogen-bond acceptors (Lipinski definition) is 6. The lowest BCUT2D eigenvalue weighted by Crippen LogP contribution is -2.30. The summed E-state index contributed by atoms with van der Waals surface area (Å²) >= 11 is 0. The second-order valence-electron chi connectivity index (χ2n) is 17.9. The Kier molecular flexibility index (Phi) is 42.7. The van der Waals surface area contributed by atoms with Crippen molar-refractivity contribution in [2.45, 2.75) is 285 Å². The minimum atomic E-state index is -0.760. The van der Waals surface area contributed by atoms with E-state index in [2.05, 4.69) is 34.6 Å². The van der Waals surface area contributed by atoms with Crippen molar-refractivity contribution in [3.05, 3.63) is 0 Å². The Balaban J connectivity index is 4.24. The van der Waals surface area contributed by atoms with Crippen molar-refractivity contribution < 1.29 is 28.6 Å². The minimum absolute atomic E-state index is 0.0643. The zero-order valence-corrected chi connectivity index (χ0v) is 39.0. The van der Waals surface area contributed by atoms with Crippen LogP contribution < -0.4 is 0 Å². The van der Waals surface area contributed by atoms with Crippen LogP contribution in [0.25, 0.3) is 0 Å². The predicted octanol–water partition coefficient (Wildman–Crippen LogP) is 16.1. The molecule has 0 radical (unpaired) electrons. The fourth-order valence-electron chi connectivity index (χ4n) is 7.57. The maximum Gasteiger partial charge on any atom is 0.306 e. The Hall–Kier alpha value is -1.59. The van der Waals surface area contributed by atoms with Crippen LogP contribution in [0.1, 0.15) is 279 Å². The van der Waals surface area contributed by atoms with Crippen LogP contribution >= 0.6 is 0 Å². The van der Waals surface area contributed by atoms with Gasteiger partial charge in [-0.15, -0.1) is 0 Å². The molecule has 6 nitrogen and oxygen atoms in total. The summed E-state index contributed by atoms with van der Waals surface area (Å²) in [4.78, 5) is 37.8. The topological polar surface area (TPSA) is 78.9 Å². The molecule has 0 aromatic heterocycles. The molecule has 0 amide bonds. The summed E-state index contributed by atoms with van der Waals surface area (Å²) in [5.41, 5.74) is 0. The van der Waals surface area contributed by atoms with Gasteiger partial charge in [-0.3, -0.25) is 14.4 Å². The van der Waals surface area contributed by atoms with Crippen LogP contribution in [0.15, 0.2) is 0 Å². The van der Waals surface area contributed by atoms with Crippen molar-refractivity contribution >= 4 is 17.9 Å². The van der Waals surface area contributed by atoms with E-state index < -0.39 is 6.10 Å². The summed E-state index contributed by atoms with van der Waals surface area (Å²) in [6.07, 6.45) is 43.7. The lowest BCUT2D eigenvalue weighted by Gasteiger charge is -2.18. The largest absolute Gasteiger partial charge is 0.462 e. The maximum absolute atomic E-state index is 12.7. The summed E-state index contributed by atoms with van der Waals surface area (Å²) in [5, 5.41) is 0. The number of rotatable bonds is 45. The van der Waals surface area contributed by atoms with Gasteiger partial charge in [0.15, 0.2) is 6.10 Å². The second-order valence-corrected chi connectivity index (χ2v) is 17.9. The van der Waals surface area contributed by atoms with Gasteiger partial charge in [-0.1, -0.05) is 240 Å². The van der Waals surface area contributed by atoms with Crippen molar-refractivity contribution in [3.8, 4) is 0 Å². The van der Waals surface area contributed by atoms with Gasteiger partial charge in [0.25, 0.3) is 0 Å². The number of carbonyl (C=O) groups is 3. The Bertz CT molecular complexity index is 874. The molecule has 6 heteroatoms. The van der Waals surface area contributed by atoms with Crippen molar-refractivity contribution in [2.75, 3.05) is 13.2 Å². The van der Waals surface area contributed by atoms with E-state index in [4.69, 9.17) is 14.2 Å². The first-order chi connectivity index (χ1) is 27.8. The highest BCUT2D eigenvalue weighted by molar-refractivity contribution is 5.71. The van der Waals surface area contributed by atoms with Crippen molar-refractivity contribution in [2.24, 2.45) is 11.8 Å². The van der Waals surface area contributed by atoms with Crippen molar-refractivity contribution in [1.82, 2.24) is 0 Å². The Morgan fingerprint density at radius 1 is 0.351 bits per heavy atom. The number of carbonyl (C=O) groups excluding carboxylic acids is 3. The summed E-state index contributed by atoms with van der Waals surface area (Å²) in [5.74, 6) is 0.890. The Morgan fingerprint density at radius 3 is 0.912 bits per heavy atom. The van der Waals surface area contributed by atoms with Crippen LogP contribution in [0.2, 0.25) is 0 Å². The van der Waals surface area contributed by atoms with Crippen LogP contribution in [0.5, 0.6) is 0 Å². The fourth-order valence-corrected chi connectivity index (χ4v) is 7.57. The second kappa shape index (κ2) is 44.0. The van der Waals surface area contributed by atoms with E-state index in [0.717, 1.165) is 69.6 Å². The zero-order valence-electron chi connectivity index (χ0n) is 39.0. The summed E-state index contributed by atoms with van der Waals surface area (Å²) in [6, 6.07) is 0. The lowest BCUT2D eigenvalue weighted by molar-refractivity contribution is -0.167. The first kappa shape index (κ1) is 55.4. The lowest BCUT2D eigenvalue weighted by atomic mass is 9.99. The molecule has 0 N–H and O–H groups in total. The smallest absolute Gasteiger partial charge is 0.306 e. The average molecular weight is 807 g/mol. The molecule has 0 aliphatic carbocycles. The molecule has 0 saturated carbocycles. The summed E-state index contributed by atoms with van der Waals surface area (Å²) in [7, 11) is 0. The van der Waals surface area contributed by atoms with E-state index in [1.807, 2.05) is 0 Å². The number of hydrogen-bond donors (Lipinski definition) is 0. The molecule has 0 spiro atoms. The van der Waals surface area contributed by atoms with Crippen molar-refractivity contribution in [3.63, 3.8) is 0 Å². The highest BCUT2D eigenvalue weighted by Crippen LogP contribution is 2.18. The molecule has 0 rings (SSSR count). The van der Waals surface area contributed by atoms with E-state index in [1.165, 1.54) is 167 Å². The average Bonchev–Trinajstić information content (AvgIpc) is 3.21. The molecule has 0 saturated heterocycles. The SMILES string of the molecule is CCCCCCCCCCCC(=O)O[C@@H](COC(=O)CCCCCCCCCCCCCCCCC(C)CC)COC(=O)CCCCCCCCCCC(C)CC. The van der Waals surface area contributed by atoms with Crippen LogP contribution in [-0.2, 0) is 28.6 Å². The fraction of sp³-hybridized carbons (Fsp3) is 0.941. The minimum Gasteiger partial charge on any atom is -0.462 e. The van der Waals surface area contributed by atoms with Crippen molar-refractivity contribution in [1.29, 1.82) is 0 Å². The highest BCUT2D eigenvalue weighted by Gasteiger charge is 2.19.